The molecule has 29 heavy (non-hydrogen) atoms. The van der Waals surface area contributed by atoms with Gasteiger partial charge >= 0.3 is 0 Å². The number of rotatable bonds is 6. The predicted octanol–water partition coefficient (Wildman–Crippen LogP) is 5.17. The van der Waals surface area contributed by atoms with Gasteiger partial charge in [0.15, 0.2) is 0 Å². The second-order valence-corrected chi connectivity index (χ2v) is 10.4. The lowest BCUT2D eigenvalue weighted by Gasteiger charge is -2.36. The van der Waals surface area contributed by atoms with Gasteiger partial charge in [-0.2, -0.15) is 0 Å². The predicted molar refractivity (Wildman–Crippen MR) is 126 cm³/mol. The molecule has 0 aliphatic carbocycles. The molecule has 1 fully saturated rings. The molecule has 7 heteroatoms. The van der Waals surface area contributed by atoms with E-state index in [4.69, 9.17) is 12.2 Å². The van der Waals surface area contributed by atoms with Gasteiger partial charge in [-0.15, -0.1) is 11.3 Å². The maximum Gasteiger partial charge on any atom is 0.266 e. The van der Waals surface area contributed by atoms with Crippen molar-refractivity contribution in [3.63, 3.8) is 0 Å². The second-order valence-electron chi connectivity index (χ2n) is 7.74. The maximum atomic E-state index is 13.0. The van der Waals surface area contributed by atoms with Crippen molar-refractivity contribution in [2.45, 2.75) is 39.3 Å². The molecule has 2 amide bonds. The van der Waals surface area contributed by atoms with Crippen LogP contribution in [-0.2, 0) is 16.1 Å². The van der Waals surface area contributed by atoms with E-state index in [0.717, 1.165) is 10.4 Å². The highest BCUT2D eigenvalue weighted by Gasteiger charge is 2.33. The number of carbonyl (C=O) groups excluding carboxylic acids is 2. The summed E-state index contributed by atoms with van der Waals surface area (Å²) in [5.41, 5.74) is 0.766. The first-order valence-corrected chi connectivity index (χ1v) is 11.5. The molecule has 1 saturated heterocycles. The van der Waals surface area contributed by atoms with Gasteiger partial charge in [-0.1, -0.05) is 60.4 Å². The molecule has 1 aliphatic rings. The van der Waals surface area contributed by atoms with Gasteiger partial charge in [0.25, 0.3) is 5.91 Å². The molecule has 0 saturated carbocycles. The van der Waals surface area contributed by atoms with Crippen LogP contribution in [-0.4, -0.2) is 38.0 Å². The molecule has 0 N–H and O–H groups in total. The first kappa shape index (κ1) is 21.7. The lowest BCUT2D eigenvalue weighted by molar-refractivity contribution is -0.137. The summed E-state index contributed by atoms with van der Waals surface area (Å²) in [5, 5.41) is 1.97. The molecular formula is C22H24N2O2S3. The standard InChI is InChI=1S/C22H24N2O2S3/c1-22(2,3)24(15-16-8-5-4-6-9-16)19(25)11-12-23-20(26)18(29-21(23)27)14-17-10-7-13-28-17/h4-10,13-14H,11-12,15H2,1-3H3/b18-14-. The fraction of sp³-hybridized carbons (Fsp3) is 0.318. The summed E-state index contributed by atoms with van der Waals surface area (Å²) in [6.45, 7) is 6.91. The number of thioether (sulfide) groups is 1. The summed E-state index contributed by atoms with van der Waals surface area (Å²) < 4.78 is 0.510. The molecule has 3 rings (SSSR count). The average Bonchev–Trinajstić information content (AvgIpc) is 3.27. The third kappa shape index (κ3) is 5.56. The Morgan fingerprint density at radius 3 is 2.52 bits per heavy atom. The highest BCUT2D eigenvalue weighted by molar-refractivity contribution is 8.26. The Balaban J connectivity index is 1.66. The highest BCUT2D eigenvalue weighted by atomic mass is 32.2. The fourth-order valence-corrected chi connectivity index (χ4v) is 5.03. The van der Waals surface area contributed by atoms with Gasteiger partial charge in [-0.25, -0.2) is 0 Å². The number of benzene rings is 1. The molecule has 1 aliphatic heterocycles. The summed E-state index contributed by atoms with van der Waals surface area (Å²) in [4.78, 5) is 30.8. The summed E-state index contributed by atoms with van der Waals surface area (Å²) in [5.74, 6) is -0.107. The molecule has 0 radical (unpaired) electrons. The molecule has 4 nitrogen and oxygen atoms in total. The van der Waals surface area contributed by atoms with E-state index in [2.05, 4.69) is 0 Å². The molecule has 0 unspecified atom stereocenters. The maximum absolute atomic E-state index is 13.0. The van der Waals surface area contributed by atoms with E-state index in [1.807, 2.05) is 79.6 Å². The Morgan fingerprint density at radius 2 is 1.90 bits per heavy atom. The Bertz CT molecular complexity index is 915. The lowest BCUT2D eigenvalue weighted by Crippen LogP contribution is -2.46. The Labute approximate surface area is 185 Å². The minimum Gasteiger partial charge on any atom is -0.333 e. The number of hydrogen-bond acceptors (Lipinski definition) is 5. The van der Waals surface area contributed by atoms with Crippen molar-refractivity contribution in [1.29, 1.82) is 0 Å². The van der Waals surface area contributed by atoms with E-state index in [1.54, 1.807) is 16.2 Å². The largest absolute Gasteiger partial charge is 0.333 e. The van der Waals surface area contributed by atoms with E-state index in [9.17, 15) is 9.59 Å². The average molecular weight is 445 g/mol. The Morgan fingerprint density at radius 1 is 1.17 bits per heavy atom. The Hall–Kier alpha value is -1.96. The van der Waals surface area contributed by atoms with Crippen LogP contribution in [0.3, 0.4) is 0 Å². The minimum absolute atomic E-state index is 0.0117. The quantitative estimate of drug-likeness (QED) is 0.455. The van der Waals surface area contributed by atoms with Crippen LogP contribution in [0.15, 0.2) is 52.7 Å². The van der Waals surface area contributed by atoms with Gasteiger partial charge < -0.3 is 4.90 Å². The van der Waals surface area contributed by atoms with Crippen LogP contribution in [0, 0.1) is 0 Å². The van der Waals surface area contributed by atoms with Crippen LogP contribution in [0.1, 0.15) is 37.6 Å². The monoisotopic (exact) mass is 444 g/mol. The number of nitrogens with zero attached hydrogens (tertiary/aromatic N) is 2. The third-order valence-corrected chi connectivity index (χ3v) is 6.73. The number of amides is 2. The van der Waals surface area contributed by atoms with Crippen molar-refractivity contribution < 1.29 is 9.59 Å². The summed E-state index contributed by atoms with van der Waals surface area (Å²) >= 11 is 8.27. The molecule has 2 heterocycles. The van der Waals surface area contributed by atoms with Gasteiger partial charge in [-0.3, -0.25) is 14.5 Å². The third-order valence-electron chi connectivity index (χ3n) is 4.53. The highest BCUT2D eigenvalue weighted by Crippen LogP contribution is 2.33. The van der Waals surface area contributed by atoms with Gasteiger partial charge in [0.1, 0.15) is 4.32 Å². The molecule has 1 aromatic carbocycles. The van der Waals surface area contributed by atoms with Crippen LogP contribution in [0.25, 0.3) is 6.08 Å². The van der Waals surface area contributed by atoms with Crippen LogP contribution in [0.4, 0.5) is 0 Å². The number of thiocarbonyl (C=S) groups is 1. The second kappa shape index (κ2) is 9.24. The van der Waals surface area contributed by atoms with Crippen LogP contribution in [0.5, 0.6) is 0 Å². The van der Waals surface area contributed by atoms with Crippen LogP contribution >= 0.6 is 35.3 Å². The zero-order valence-corrected chi connectivity index (χ0v) is 19.2. The zero-order chi connectivity index (χ0) is 21.0. The van der Waals surface area contributed by atoms with E-state index in [1.165, 1.54) is 11.8 Å². The number of hydrogen-bond donors (Lipinski definition) is 0. The fourth-order valence-electron chi connectivity index (χ4n) is 3.00. The van der Waals surface area contributed by atoms with E-state index in [0.29, 0.717) is 22.3 Å². The molecule has 1 aromatic heterocycles. The summed E-state index contributed by atoms with van der Waals surface area (Å²) in [7, 11) is 0. The summed E-state index contributed by atoms with van der Waals surface area (Å²) in [6.07, 6.45) is 2.10. The normalized spacial score (nSPS) is 16.0. The molecule has 0 bridgehead atoms. The van der Waals surface area contributed by atoms with Gasteiger partial charge in [0, 0.05) is 29.9 Å². The molecule has 152 valence electrons. The van der Waals surface area contributed by atoms with Crippen molar-refractivity contribution in [3.05, 3.63) is 63.2 Å². The number of carbonyl (C=O) groups is 2. The SMILES string of the molecule is CC(C)(C)N(Cc1ccccc1)C(=O)CCN1C(=O)/C(=C/c2cccs2)SC1=S. The molecule has 2 aromatic rings. The number of thiophene rings is 1. The molecule has 0 spiro atoms. The van der Waals surface area contributed by atoms with Gasteiger partial charge in [0.2, 0.25) is 5.91 Å². The van der Waals surface area contributed by atoms with Crippen molar-refractivity contribution in [2.75, 3.05) is 6.54 Å². The summed E-state index contributed by atoms with van der Waals surface area (Å²) in [6, 6.07) is 13.9. The van der Waals surface area contributed by atoms with Crippen molar-refractivity contribution in [2.24, 2.45) is 0 Å². The van der Waals surface area contributed by atoms with Crippen LogP contribution < -0.4 is 0 Å². The minimum atomic E-state index is -0.318. The van der Waals surface area contributed by atoms with Gasteiger partial charge in [0.05, 0.1) is 4.91 Å². The van der Waals surface area contributed by atoms with Crippen molar-refractivity contribution >= 4 is 57.5 Å². The van der Waals surface area contributed by atoms with Crippen LogP contribution in [0.2, 0.25) is 0 Å². The zero-order valence-electron chi connectivity index (χ0n) is 16.8. The van der Waals surface area contributed by atoms with E-state index < -0.39 is 0 Å². The molecular weight excluding hydrogens is 420 g/mol. The first-order chi connectivity index (χ1) is 13.8. The lowest BCUT2D eigenvalue weighted by atomic mass is 10.0. The van der Waals surface area contributed by atoms with Gasteiger partial charge in [-0.05, 0) is 43.9 Å². The molecule has 0 atom stereocenters. The smallest absolute Gasteiger partial charge is 0.266 e. The Kier molecular flexibility index (Phi) is 6.93. The topological polar surface area (TPSA) is 40.6 Å². The first-order valence-electron chi connectivity index (χ1n) is 9.39. The van der Waals surface area contributed by atoms with E-state index in [-0.39, 0.29) is 23.8 Å². The van der Waals surface area contributed by atoms with E-state index >= 15 is 0 Å². The van der Waals surface area contributed by atoms with Crippen molar-refractivity contribution in [1.82, 2.24) is 9.80 Å². The van der Waals surface area contributed by atoms with Crippen molar-refractivity contribution in [3.8, 4) is 0 Å².